The molecule has 1 fully saturated rings. The minimum Gasteiger partial charge on any atom is -0.463 e. The topological polar surface area (TPSA) is 26.3 Å². The average molecular weight is 272 g/mol. The second-order valence-corrected chi connectivity index (χ2v) is 5.57. The number of rotatable bonds is 5. The van der Waals surface area contributed by atoms with E-state index >= 15 is 0 Å². The zero-order valence-electron chi connectivity index (χ0n) is 12.3. The molecule has 20 heavy (non-hydrogen) atoms. The second kappa shape index (κ2) is 7.28. The molecule has 0 bridgehead atoms. The Bertz CT molecular complexity index is 442. The summed E-state index contributed by atoms with van der Waals surface area (Å²) in [5.74, 6) is -0.230. The molecule has 1 saturated carbocycles. The van der Waals surface area contributed by atoms with Crippen molar-refractivity contribution >= 4 is 5.97 Å². The van der Waals surface area contributed by atoms with Gasteiger partial charge in [-0.2, -0.15) is 0 Å². The summed E-state index contributed by atoms with van der Waals surface area (Å²) in [5.41, 5.74) is 1.62. The minimum atomic E-state index is -0.230. The van der Waals surface area contributed by atoms with Gasteiger partial charge in [0.2, 0.25) is 0 Å². The molecule has 0 aliphatic heterocycles. The third-order valence-electron chi connectivity index (χ3n) is 4.25. The molecular weight excluding hydrogens is 248 g/mol. The highest BCUT2D eigenvalue weighted by Gasteiger charge is 2.32. The van der Waals surface area contributed by atoms with Gasteiger partial charge in [0.1, 0.15) is 0 Å². The van der Waals surface area contributed by atoms with Crippen molar-refractivity contribution in [3.05, 3.63) is 48.0 Å². The maximum absolute atomic E-state index is 11.4. The second-order valence-electron chi connectivity index (χ2n) is 5.57. The Morgan fingerprint density at radius 1 is 1.20 bits per heavy atom. The molecule has 108 valence electrons. The lowest BCUT2D eigenvalue weighted by Crippen LogP contribution is -2.28. The van der Waals surface area contributed by atoms with Gasteiger partial charge in [-0.1, -0.05) is 55.7 Å². The van der Waals surface area contributed by atoms with Crippen molar-refractivity contribution in [2.75, 3.05) is 6.61 Å². The third-order valence-corrected chi connectivity index (χ3v) is 4.25. The van der Waals surface area contributed by atoms with Crippen LogP contribution in [0.4, 0.5) is 0 Å². The van der Waals surface area contributed by atoms with Crippen LogP contribution < -0.4 is 0 Å². The first-order valence-corrected chi connectivity index (χ1v) is 7.66. The van der Waals surface area contributed by atoms with E-state index in [9.17, 15) is 4.79 Å². The third kappa shape index (κ3) is 3.72. The standard InChI is InChI=1S/C18H24O2/c1-2-20-17(19)12-9-15-18(13-7-4-8-14-18)16-10-5-3-6-11-16/h3,5-6,9-12H,2,4,7-8,13-15H2,1H3. The van der Waals surface area contributed by atoms with E-state index < -0.39 is 0 Å². The summed E-state index contributed by atoms with van der Waals surface area (Å²) in [6, 6.07) is 10.7. The lowest BCUT2D eigenvalue weighted by atomic mass is 9.67. The first-order chi connectivity index (χ1) is 9.77. The molecule has 0 spiro atoms. The van der Waals surface area contributed by atoms with Gasteiger partial charge in [0, 0.05) is 6.08 Å². The molecule has 0 radical (unpaired) electrons. The predicted octanol–water partition coefficient (Wildman–Crippen LogP) is 4.40. The fourth-order valence-electron chi connectivity index (χ4n) is 3.20. The van der Waals surface area contributed by atoms with E-state index in [-0.39, 0.29) is 11.4 Å². The zero-order valence-corrected chi connectivity index (χ0v) is 12.3. The van der Waals surface area contributed by atoms with Crippen LogP contribution in [0.3, 0.4) is 0 Å². The number of esters is 1. The Labute approximate surface area is 121 Å². The molecule has 0 amide bonds. The van der Waals surface area contributed by atoms with Crippen molar-refractivity contribution in [3.63, 3.8) is 0 Å². The van der Waals surface area contributed by atoms with Crippen LogP contribution in [0.25, 0.3) is 0 Å². The van der Waals surface area contributed by atoms with Crippen molar-refractivity contribution in [1.29, 1.82) is 0 Å². The van der Waals surface area contributed by atoms with E-state index in [4.69, 9.17) is 4.74 Å². The highest BCUT2D eigenvalue weighted by Crippen LogP contribution is 2.42. The van der Waals surface area contributed by atoms with Gasteiger partial charge < -0.3 is 4.74 Å². The summed E-state index contributed by atoms with van der Waals surface area (Å²) in [6.45, 7) is 2.27. The van der Waals surface area contributed by atoms with E-state index in [1.807, 2.05) is 13.0 Å². The summed E-state index contributed by atoms with van der Waals surface area (Å²) in [4.78, 5) is 11.4. The number of carbonyl (C=O) groups excluding carboxylic acids is 1. The van der Waals surface area contributed by atoms with Crippen LogP contribution in [0, 0.1) is 0 Å². The number of ether oxygens (including phenoxy) is 1. The van der Waals surface area contributed by atoms with E-state index in [0.29, 0.717) is 6.61 Å². The van der Waals surface area contributed by atoms with Gasteiger partial charge in [-0.25, -0.2) is 4.79 Å². The maximum Gasteiger partial charge on any atom is 0.330 e. The van der Waals surface area contributed by atoms with E-state index in [1.54, 1.807) is 6.08 Å². The summed E-state index contributed by atoms with van der Waals surface area (Å²) in [7, 11) is 0. The molecule has 0 N–H and O–H groups in total. The predicted molar refractivity (Wildman–Crippen MR) is 81.6 cm³/mol. The Hall–Kier alpha value is -1.57. The van der Waals surface area contributed by atoms with Crippen LogP contribution >= 0.6 is 0 Å². The molecule has 1 aliphatic carbocycles. The molecule has 1 aromatic carbocycles. The molecule has 2 rings (SSSR count). The average Bonchev–Trinajstić information content (AvgIpc) is 2.49. The minimum absolute atomic E-state index is 0.211. The zero-order chi connectivity index (χ0) is 14.3. The largest absolute Gasteiger partial charge is 0.463 e. The quantitative estimate of drug-likeness (QED) is 0.586. The number of carbonyl (C=O) groups is 1. The molecule has 2 nitrogen and oxygen atoms in total. The first kappa shape index (κ1) is 14.8. The summed E-state index contributed by atoms with van der Waals surface area (Å²) < 4.78 is 4.94. The van der Waals surface area contributed by atoms with Crippen molar-refractivity contribution in [3.8, 4) is 0 Å². The van der Waals surface area contributed by atoms with Crippen molar-refractivity contribution in [2.24, 2.45) is 0 Å². The van der Waals surface area contributed by atoms with Gasteiger partial charge in [-0.05, 0) is 37.2 Å². The summed E-state index contributed by atoms with van der Waals surface area (Å²) in [6.07, 6.45) is 10.8. The Balaban J connectivity index is 2.10. The molecule has 1 aliphatic rings. The lowest BCUT2D eigenvalue weighted by molar-refractivity contribution is -0.137. The molecule has 0 atom stereocenters. The Kier molecular flexibility index (Phi) is 5.40. The molecule has 0 heterocycles. The maximum atomic E-state index is 11.4. The number of hydrogen-bond acceptors (Lipinski definition) is 2. The summed E-state index contributed by atoms with van der Waals surface area (Å²) >= 11 is 0. The fraction of sp³-hybridized carbons (Fsp3) is 0.500. The molecule has 0 aromatic heterocycles. The summed E-state index contributed by atoms with van der Waals surface area (Å²) in [5, 5.41) is 0. The van der Waals surface area contributed by atoms with Crippen LogP contribution in [0.15, 0.2) is 42.5 Å². The number of hydrogen-bond donors (Lipinski definition) is 0. The van der Waals surface area contributed by atoms with Gasteiger partial charge in [0.15, 0.2) is 0 Å². The monoisotopic (exact) mass is 272 g/mol. The highest BCUT2D eigenvalue weighted by molar-refractivity contribution is 5.81. The van der Waals surface area contributed by atoms with Crippen molar-refractivity contribution in [1.82, 2.24) is 0 Å². The fourth-order valence-corrected chi connectivity index (χ4v) is 3.20. The van der Waals surface area contributed by atoms with E-state index in [0.717, 1.165) is 6.42 Å². The van der Waals surface area contributed by atoms with Gasteiger partial charge in [0.05, 0.1) is 6.61 Å². The van der Waals surface area contributed by atoms with Gasteiger partial charge in [-0.3, -0.25) is 0 Å². The smallest absolute Gasteiger partial charge is 0.330 e. The Morgan fingerprint density at radius 2 is 1.90 bits per heavy atom. The normalized spacial score (nSPS) is 18.1. The van der Waals surface area contributed by atoms with Crippen LogP contribution in [-0.2, 0) is 14.9 Å². The molecule has 0 unspecified atom stereocenters. The molecule has 2 heteroatoms. The van der Waals surface area contributed by atoms with Crippen LogP contribution in [0.1, 0.15) is 51.0 Å². The first-order valence-electron chi connectivity index (χ1n) is 7.66. The SMILES string of the molecule is CCOC(=O)C=CCC1(c2ccccc2)CCCCC1. The van der Waals surface area contributed by atoms with E-state index in [1.165, 1.54) is 37.7 Å². The lowest BCUT2D eigenvalue weighted by Gasteiger charge is -2.37. The number of benzene rings is 1. The molecular formula is C18H24O2. The van der Waals surface area contributed by atoms with Crippen LogP contribution in [0.2, 0.25) is 0 Å². The van der Waals surface area contributed by atoms with Gasteiger partial charge in [0.25, 0.3) is 0 Å². The molecule has 1 aromatic rings. The van der Waals surface area contributed by atoms with Crippen LogP contribution in [-0.4, -0.2) is 12.6 Å². The molecule has 0 saturated heterocycles. The van der Waals surface area contributed by atoms with Crippen LogP contribution in [0.5, 0.6) is 0 Å². The van der Waals surface area contributed by atoms with Gasteiger partial charge in [-0.15, -0.1) is 0 Å². The highest BCUT2D eigenvalue weighted by atomic mass is 16.5. The van der Waals surface area contributed by atoms with Crippen molar-refractivity contribution < 1.29 is 9.53 Å². The van der Waals surface area contributed by atoms with Gasteiger partial charge >= 0.3 is 5.97 Å². The van der Waals surface area contributed by atoms with Crippen molar-refractivity contribution in [2.45, 2.75) is 50.9 Å². The Morgan fingerprint density at radius 3 is 2.55 bits per heavy atom. The van der Waals surface area contributed by atoms with E-state index in [2.05, 4.69) is 30.3 Å². The number of allylic oxidation sites excluding steroid dienone is 1.